The largest absolute Gasteiger partial charge is 0.496 e. The van der Waals surface area contributed by atoms with E-state index in [1.807, 2.05) is 0 Å². The van der Waals surface area contributed by atoms with E-state index >= 15 is 0 Å². The monoisotopic (exact) mass is 512 g/mol. The van der Waals surface area contributed by atoms with Crippen LogP contribution in [0.4, 0.5) is 0 Å². The predicted octanol–water partition coefficient (Wildman–Crippen LogP) is 4.51. The summed E-state index contributed by atoms with van der Waals surface area (Å²) in [5.74, 6) is 0.0474. The number of aromatic carboxylic acids is 1. The second kappa shape index (κ2) is 11.1. The summed E-state index contributed by atoms with van der Waals surface area (Å²) in [6, 6.07) is 16.8. The Morgan fingerprint density at radius 3 is 2.33 bits per heavy atom. The molecule has 0 aliphatic heterocycles. The maximum Gasteiger partial charge on any atom is 0.335 e. The summed E-state index contributed by atoms with van der Waals surface area (Å²) in [4.78, 5) is 23.4. The lowest BCUT2D eigenvalue weighted by Crippen LogP contribution is -2.18. The Hall–Kier alpha value is -3.85. The van der Waals surface area contributed by atoms with Gasteiger partial charge < -0.3 is 19.3 Å². The summed E-state index contributed by atoms with van der Waals surface area (Å²) in [5.41, 5.74) is 4.54. The van der Waals surface area contributed by atoms with Crippen molar-refractivity contribution in [2.24, 2.45) is 5.10 Å². The lowest BCUT2D eigenvalue weighted by atomic mass is 10.1. The Kier molecular flexibility index (Phi) is 8.04. The second-order valence-electron chi connectivity index (χ2n) is 6.74. The molecule has 0 spiro atoms. The Morgan fingerprint density at radius 2 is 1.67 bits per heavy atom. The summed E-state index contributed by atoms with van der Waals surface area (Å²) in [6.07, 6.45) is 1.49. The summed E-state index contributed by atoms with van der Waals surface area (Å²) in [7, 11) is 3.01. The minimum Gasteiger partial charge on any atom is -0.496 e. The fraction of sp³-hybridized carbons (Fsp3) is 0.125. The van der Waals surface area contributed by atoms with Gasteiger partial charge in [-0.05, 0) is 59.7 Å². The van der Waals surface area contributed by atoms with Gasteiger partial charge in [-0.1, -0.05) is 28.1 Å². The molecule has 0 fully saturated rings. The number of carboxylic acids is 1. The molecule has 0 aliphatic rings. The van der Waals surface area contributed by atoms with Gasteiger partial charge in [-0.25, -0.2) is 10.2 Å². The van der Waals surface area contributed by atoms with Crippen LogP contribution in [0.25, 0.3) is 0 Å². The molecule has 0 aliphatic carbocycles. The molecule has 0 atom stereocenters. The van der Waals surface area contributed by atoms with Crippen LogP contribution in [-0.2, 0) is 6.61 Å². The molecule has 0 saturated carbocycles. The Bertz CT molecular complexity index is 1180. The Balaban J connectivity index is 1.64. The molecule has 8 nitrogen and oxygen atoms in total. The van der Waals surface area contributed by atoms with Gasteiger partial charge >= 0.3 is 5.97 Å². The van der Waals surface area contributed by atoms with E-state index in [0.717, 1.165) is 10.0 Å². The summed E-state index contributed by atoms with van der Waals surface area (Å²) >= 11 is 3.33. The number of methoxy groups -OCH3 is 2. The van der Waals surface area contributed by atoms with E-state index in [-0.39, 0.29) is 12.2 Å². The fourth-order valence-electron chi connectivity index (χ4n) is 2.87. The lowest BCUT2D eigenvalue weighted by Gasteiger charge is -2.11. The first-order chi connectivity index (χ1) is 15.9. The number of benzene rings is 3. The molecule has 9 heteroatoms. The number of carbonyl (C=O) groups is 2. The van der Waals surface area contributed by atoms with Gasteiger partial charge in [0.05, 0.1) is 31.6 Å². The SMILES string of the molecule is COc1cc(/C=N\NC(=O)c2cc(Br)ccc2OC)ccc1OCc1ccc(C(=O)O)cc1. The molecule has 1 amide bonds. The van der Waals surface area contributed by atoms with Crippen molar-refractivity contribution in [1.82, 2.24) is 5.43 Å². The average Bonchev–Trinajstić information content (AvgIpc) is 2.83. The normalized spacial score (nSPS) is 10.6. The molecule has 0 radical (unpaired) electrons. The smallest absolute Gasteiger partial charge is 0.335 e. The number of hydrogen-bond donors (Lipinski definition) is 2. The van der Waals surface area contributed by atoms with Gasteiger partial charge in [0.25, 0.3) is 5.91 Å². The van der Waals surface area contributed by atoms with Crippen LogP contribution in [0.5, 0.6) is 17.2 Å². The van der Waals surface area contributed by atoms with E-state index in [2.05, 4.69) is 26.5 Å². The van der Waals surface area contributed by atoms with Crippen molar-refractivity contribution in [1.29, 1.82) is 0 Å². The minimum atomic E-state index is -0.978. The van der Waals surface area contributed by atoms with Gasteiger partial charge in [-0.3, -0.25) is 4.79 Å². The van der Waals surface area contributed by atoms with Crippen LogP contribution >= 0.6 is 15.9 Å². The van der Waals surface area contributed by atoms with E-state index in [1.54, 1.807) is 48.5 Å². The number of halogens is 1. The highest BCUT2D eigenvalue weighted by molar-refractivity contribution is 9.10. The quantitative estimate of drug-likeness (QED) is 0.322. The first-order valence-corrected chi connectivity index (χ1v) is 10.5. The van der Waals surface area contributed by atoms with E-state index in [9.17, 15) is 9.59 Å². The van der Waals surface area contributed by atoms with Crippen molar-refractivity contribution in [2.75, 3.05) is 14.2 Å². The van der Waals surface area contributed by atoms with Gasteiger partial charge in [-0.15, -0.1) is 0 Å². The van der Waals surface area contributed by atoms with Crippen molar-refractivity contribution in [3.8, 4) is 17.2 Å². The van der Waals surface area contributed by atoms with E-state index in [1.165, 1.54) is 32.6 Å². The fourth-order valence-corrected chi connectivity index (χ4v) is 3.23. The lowest BCUT2D eigenvalue weighted by molar-refractivity contribution is 0.0696. The summed E-state index contributed by atoms with van der Waals surface area (Å²) in [5, 5.41) is 13.0. The van der Waals surface area contributed by atoms with E-state index in [0.29, 0.717) is 28.4 Å². The van der Waals surface area contributed by atoms with Crippen LogP contribution < -0.4 is 19.6 Å². The third-order valence-electron chi connectivity index (χ3n) is 4.57. The topological polar surface area (TPSA) is 106 Å². The van der Waals surface area contributed by atoms with Gasteiger partial charge in [0, 0.05) is 4.47 Å². The van der Waals surface area contributed by atoms with Crippen molar-refractivity contribution < 1.29 is 28.9 Å². The molecule has 2 N–H and O–H groups in total. The van der Waals surface area contributed by atoms with Crippen LogP contribution in [0, 0.1) is 0 Å². The predicted molar refractivity (Wildman–Crippen MR) is 126 cm³/mol. The van der Waals surface area contributed by atoms with Crippen molar-refractivity contribution in [3.05, 3.63) is 87.4 Å². The summed E-state index contributed by atoms with van der Waals surface area (Å²) in [6.45, 7) is 0.244. The first kappa shape index (κ1) is 23.8. The molecule has 0 unspecified atom stereocenters. The molecular weight excluding hydrogens is 492 g/mol. The maximum absolute atomic E-state index is 12.4. The second-order valence-corrected chi connectivity index (χ2v) is 7.66. The zero-order valence-electron chi connectivity index (χ0n) is 17.9. The Morgan fingerprint density at radius 1 is 0.970 bits per heavy atom. The number of hydrogen-bond acceptors (Lipinski definition) is 6. The zero-order chi connectivity index (χ0) is 23.8. The third-order valence-corrected chi connectivity index (χ3v) is 5.06. The number of nitrogens with zero attached hydrogens (tertiary/aromatic N) is 1. The van der Waals surface area contributed by atoms with Crippen LogP contribution in [0.3, 0.4) is 0 Å². The van der Waals surface area contributed by atoms with E-state index < -0.39 is 11.9 Å². The highest BCUT2D eigenvalue weighted by Crippen LogP contribution is 2.28. The Labute approximate surface area is 198 Å². The van der Waals surface area contributed by atoms with E-state index in [4.69, 9.17) is 19.3 Å². The van der Waals surface area contributed by atoms with Gasteiger partial charge in [0.1, 0.15) is 12.4 Å². The van der Waals surface area contributed by atoms with Crippen LogP contribution in [0.1, 0.15) is 31.8 Å². The van der Waals surface area contributed by atoms with Crippen LogP contribution in [0.2, 0.25) is 0 Å². The number of carboxylic acid groups (broad SMARTS) is 1. The molecule has 33 heavy (non-hydrogen) atoms. The van der Waals surface area contributed by atoms with Crippen molar-refractivity contribution >= 4 is 34.0 Å². The van der Waals surface area contributed by atoms with Crippen LogP contribution in [0.15, 0.2) is 70.2 Å². The molecule has 0 saturated heterocycles. The van der Waals surface area contributed by atoms with Gasteiger partial charge in [-0.2, -0.15) is 5.10 Å². The number of carbonyl (C=O) groups excluding carboxylic acids is 1. The highest BCUT2D eigenvalue weighted by atomic mass is 79.9. The number of rotatable bonds is 9. The molecule has 3 rings (SSSR count). The molecule has 0 bridgehead atoms. The molecule has 0 aromatic heterocycles. The number of nitrogens with one attached hydrogen (secondary N) is 1. The number of amides is 1. The molecular formula is C24H21BrN2O6. The molecule has 170 valence electrons. The average molecular weight is 513 g/mol. The van der Waals surface area contributed by atoms with Gasteiger partial charge in [0.15, 0.2) is 11.5 Å². The van der Waals surface area contributed by atoms with Crippen molar-refractivity contribution in [3.63, 3.8) is 0 Å². The zero-order valence-corrected chi connectivity index (χ0v) is 19.5. The van der Waals surface area contributed by atoms with Crippen molar-refractivity contribution in [2.45, 2.75) is 6.61 Å². The molecule has 0 heterocycles. The maximum atomic E-state index is 12.4. The highest BCUT2D eigenvalue weighted by Gasteiger charge is 2.12. The molecule has 3 aromatic rings. The third kappa shape index (κ3) is 6.33. The number of hydrazone groups is 1. The standard InChI is InChI=1S/C24H21BrN2O6/c1-31-20-10-8-18(25)12-19(20)23(28)27-26-13-16-5-9-21(22(11-16)32-2)33-14-15-3-6-17(7-4-15)24(29)30/h3-13H,14H2,1-2H3,(H,27,28)(H,29,30)/b26-13-. The minimum absolute atomic E-state index is 0.213. The van der Waals surface area contributed by atoms with Crippen LogP contribution in [-0.4, -0.2) is 37.4 Å². The number of ether oxygens (including phenoxy) is 3. The van der Waals surface area contributed by atoms with Gasteiger partial charge in [0.2, 0.25) is 0 Å². The first-order valence-electron chi connectivity index (χ1n) is 9.71. The summed E-state index contributed by atoms with van der Waals surface area (Å²) < 4.78 is 17.1. The molecule has 3 aromatic carbocycles.